The highest BCUT2D eigenvalue weighted by atomic mass is 16.5. The van der Waals surface area contributed by atoms with Crippen molar-refractivity contribution in [1.82, 2.24) is 4.90 Å². The summed E-state index contributed by atoms with van der Waals surface area (Å²) in [6.45, 7) is 9.95. The van der Waals surface area contributed by atoms with E-state index in [9.17, 15) is 9.59 Å². The first kappa shape index (κ1) is 19.3. The molecule has 0 aromatic heterocycles. The van der Waals surface area contributed by atoms with Gasteiger partial charge < -0.3 is 15.0 Å². The van der Waals surface area contributed by atoms with Gasteiger partial charge in [-0.25, -0.2) is 0 Å². The second-order valence-corrected chi connectivity index (χ2v) is 7.66. The Hall–Kier alpha value is -2.04. The molecule has 1 N–H and O–H groups in total. The molecule has 0 aliphatic heterocycles. The lowest BCUT2D eigenvalue weighted by atomic mass is 10.1. The largest absolute Gasteiger partial charge is 0.484 e. The summed E-state index contributed by atoms with van der Waals surface area (Å²) in [6.07, 6.45) is 1.97. The molecule has 2 rings (SSSR count). The summed E-state index contributed by atoms with van der Waals surface area (Å²) in [4.78, 5) is 26.0. The SMILES string of the molecule is CC(C)CN(CC(C)C)C(=O)COc1ccc(NC(=O)C2CC2)cc1. The topological polar surface area (TPSA) is 58.6 Å². The number of anilines is 1. The van der Waals surface area contributed by atoms with E-state index >= 15 is 0 Å². The zero-order chi connectivity index (χ0) is 18.4. The minimum Gasteiger partial charge on any atom is -0.484 e. The Kier molecular flexibility index (Phi) is 6.85. The molecule has 0 atom stereocenters. The van der Waals surface area contributed by atoms with E-state index in [0.717, 1.165) is 31.6 Å². The van der Waals surface area contributed by atoms with Gasteiger partial charge in [0, 0.05) is 24.7 Å². The van der Waals surface area contributed by atoms with Crippen molar-refractivity contribution in [3.63, 3.8) is 0 Å². The quantitative estimate of drug-likeness (QED) is 0.744. The Morgan fingerprint density at radius 3 is 2.12 bits per heavy atom. The fourth-order valence-corrected chi connectivity index (χ4v) is 2.62. The number of amides is 2. The van der Waals surface area contributed by atoms with E-state index in [-0.39, 0.29) is 24.3 Å². The van der Waals surface area contributed by atoms with Crippen LogP contribution in [0.2, 0.25) is 0 Å². The van der Waals surface area contributed by atoms with E-state index in [1.165, 1.54) is 0 Å². The lowest BCUT2D eigenvalue weighted by Gasteiger charge is -2.26. The molecule has 1 saturated carbocycles. The highest BCUT2D eigenvalue weighted by molar-refractivity contribution is 5.94. The number of carbonyl (C=O) groups excluding carboxylic acids is 2. The lowest BCUT2D eigenvalue weighted by molar-refractivity contribution is -0.134. The van der Waals surface area contributed by atoms with Crippen molar-refractivity contribution in [1.29, 1.82) is 0 Å². The molecule has 0 radical (unpaired) electrons. The molecule has 0 saturated heterocycles. The maximum atomic E-state index is 12.4. The zero-order valence-electron chi connectivity index (χ0n) is 15.7. The molecule has 0 unspecified atom stereocenters. The first-order chi connectivity index (χ1) is 11.8. The third kappa shape index (κ3) is 6.77. The van der Waals surface area contributed by atoms with Crippen LogP contribution < -0.4 is 10.1 Å². The molecule has 1 aromatic rings. The Morgan fingerprint density at radius 2 is 1.64 bits per heavy atom. The fourth-order valence-electron chi connectivity index (χ4n) is 2.62. The van der Waals surface area contributed by atoms with Crippen molar-refractivity contribution >= 4 is 17.5 Å². The fraction of sp³-hybridized carbons (Fsp3) is 0.600. The number of rotatable bonds is 9. The number of ether oxygens (including phenoxy) is 1. The van der Waals surface area contributed by atoms with Crippen LogP contribution in [-0.4, -0.2) is 36.4 Å². The van der Waals surface area contributed by atoms with E-state index in [1.807, 2.05) is 4.90 Å². The van der Waals surface area contributed by atoms with Gasteiger partial charge in [0.05, 0.1) is 0 Å². The van der Waals surface area contributed by atoms with Crippen molar-refractivity contribution in [2.24, 2.45) is 17.8 Å². The number of carbonyl (C=O) groups is 2. The Labute approximate surface area is 150 Å². The normalized spacial score (nSPS) is 13.8. The number of hydrogen-bond acceptors (Lipinski definition) is 3. The molecule has 1 aliphatic rings. The molecule has 1 aromatic carbocycles. The maximum absolute atomic E-state index is 12.4. The minimum absolute atomic E-state index is 0.00788. The summed E-state index contributed by atoms with van der Waals surface area (Å²) >= 11 is 0. The van der Waals surface area contributed by atoms with Crippen LogP contribution in [0.1, 0.15) is 40.5 Å². The van der Waals surface area contributed by atoms with Gasteiger partial charge in [0.2, 0.25) is 5.91 Å². The second-order valence-electron chi connectivity index (χ2n) is 7.66. The number of nitrogens with zero attached hydrogens (tertiary/aromatic N) is 1. The minimum atomic E-state index is 0.00788. The van der Waals surface area contributed by atoms with Gasteiger partial charge in [0.25, 0.3) is 5.91 Å². The third-order valence-corrected chi connectivity index (χ3v) is 3.96. The molecule has 138 valence electrons. The van der Waals surface area contributed by atoms with Crippen molar-refractivity contribution in [3.8, 4) is 5.75 Å². The predicted molar refractivity (Wildman–Crippen MR) is 99.5 cm³/mol. The van der Waals surface area contributed by atoms with E-state index in [1.54, 1.807) is 24.3 Å². The van der Waals surface area contributed by atoms with Crippen molar-refractivity contribution in [2.75, 3.05) is 25.0 Å². The second kappa shape index (κ2) is 8.88. The van der Waals surface area contributed by atoms with Crippen molar-refractivity contribution in [3.05, 3.63) is 24.3 Å². The summed E-state index contributed by atoms with van der Waals surface area (Å²) in [6, 6.07) is 7.18. The highest BCUT2D eigenvalue weighted by Gasteiger charge is 2.29. The lowest BCUT2D eigenvalue weighted by Crippen LogP contribution is -2.39. The molecule has 0 heterocycles. The van der Waals surface area contributed by atoms with Crippen LogP contribution in [-0.2, 0) is 9.59 Å². The van der Waals surface area contributed by atoms with Crippen LogP contribution >= 0.6 is 0 Å². The maximum Gasteiger partial charge on any atom is 0.260 e. The average molecular weight is 346 g/mol. The molecular weight excluding hydrogens is 316 g/mol. The van der Waals surface area contributed by atoms with Gasteiger partial charge in [-0.15, -0.1) is 0 Å². The van der Waals surface area contributed by atoms with E-state index < -0.39 is 0 Å². The van der Waals surface area contributed by atoms with Gasteiger partial charge in [-0.3, -0.25) is 9.59 Å². The van der Waals surface area contributed by atoms with Crippen LogP contribution in [0.5, 0.6) is 5.75 Å². The highest BCUT2D eigenvalue weighted by Crippen LogP contribution is 2.30. The monoisotopic (exact) mass is 346 g/mol. The smallest absolute Gasteiger partial charge is 0.260 e. The molecule has 25 heavy (non-hydrogen) atoms. The van der Waals surface area contributed by atoms with Crippen molar-refractivity contribution < 1.29 is 14.3 Å². The van der Waals surface area contributed by atoms with Crippen LogP contribution in [0.15, 0.2) is 24.3 Å². The number of hydrogen-bond donors (Lipinski definition) is 1. The van der Waals surface area contributed by atoms with Gasteiger partial charge in [-0.1, -0.05) is 27.7 Å². The summed E-state index contributed by atoms with van der Waals surface area (Å²) < 4.78 is 5.63. The molecule has 5 heteroatoms. The summed E-state index contributed by atoms with van der Waals surface area (Å²) in [5.41, 5.74) is 0.761. The van der Waals surface area contributed by atoms with E-state index in [2.05, 4.69) is 33.0 Å². The van der Waals surface area contributed by atoms with Crippen LogP contribution in [0.4, 0.5) is 5.69 Å². The molecule has 1 aliphatic carbocycles. The van der Waals surface area contributed by atoms with Crippen molar-refractivity contribution in [2.45, 2.75) is 40.5 Å². The summed E-state index contributed by atoms with van der Waals surface area (Å²) in [5.74, 6) is 1.76. The molecular formula is C20H30N2O3. The van der Waals surface area contributed by atoms with Gasteiger partial charge in [0.15, 0.2) is 6.61 Å². The van der Waals surface area contributed by atoms with Crippen LogP contribution in [0.25, 0.3) is 0 Å². The van der Waals surface area contributed by atoms with Gasteiger partial charge in [-0.2, -0.15) is 0 Å². The Bertz CT molecular complexity index is 567. The first-order valence-electron chi connectivity index (χ1n) is 9.16. The first-order valence-corrected chi connectivity index (χ1v) is 9.16. The van der Waals surface area contributed by atoms with Gasteiger partial charge in [-0.05, 0) is 48.9 Å². The summed E-state index contributed by atoms with van der Waals surface area (Å²) in [5, 5.41) is 2.89. The average Bonchev–Trinajstić information content (AvgIpc) is 3.37. The van der Waals surface area contributed by atoms with E-state index in [0.29, 0.717) is 17.6 Å². The van der Waals surface area contributed by atoms with Crippen LogP contribution in [0.3, 0.4) is 0 Å². The zero-order valence-corrected chi connectivity index (χ0v) is 15.7. The predicted octanol–water partition coefficient (Wildman–Crippen LogP) is 3.55. The Morgan fingerprint density at radius 1 is 1.08 bits per heavy atom. The molecule has 2 amide bonds. The number of benzene rings is 1. The third-order valence-electron chi connectivity index (χ3n) is 3.96. The number of nitrogens with one attached hydrogen (secondary N) is 1. The van der Waals surface area contributed by atoms with Gasteiger partial charge in [0.1, 0.15) is 5.75 Å². The molecule has 1 fully saturated rings. The van der Waals surface area contributed by atoms with Gasteiger partial charge >= 0.3 is 0 Å². The molecule has 0 spiro atoms. The summed E-state index contributed by atoms with van der Waals surface area (Å²) in [7, 11) is 0. The Balaban J connectivity index is 1.83. The molecule has 5 nitrogen and oxygen atoms in total. The van der Waals surface area contributed by atoms with E-state index in [4.69, 9.17) is 4.74 Å². The van der Waals surface area contributed by atoms with Crippen LogP contribution in [0, 0.1) is 17.8 Å². The molecule has 0 bridgehead atoms. The standard InChI is InChI=1S/C20H30N2O3/c1-14(2)11-22(12-15(3)4)19(23)13-25-18-9-7-17(8-10-18)21-20(24)16-5-6-16/h7-10,14-16H,5-6,11-13H2,1-4H3,(H,21,24).